The molecule has 0 aromatic heterocycles. The summed E-state index contributed by atoms with van der Waals surface area (Å²) >= 11 is 1.81. The van der Waals surface area contributed by atoms with E-state index in [-0.39, 0.29) is 11.9 Å². The van der Waals surface area contributed by atoms with Crippen LogP contribution >= 0.6 is 11.8 Å². The molecule has 0 aliphatic rings. The number of hydrogen-bond acceptors (Lipinski definition) is 3. The number of hydrogen-bond donors (Lipinski definition) is 2. The molecular formula is C11H24N2OS. The van der Waals surface area contributed by atoms with Gasteiger partial charge in [0.25, 0.3) is 0 Å². The summed E-state index contributed by atoms with van der Waals surface area (Å²) in [5.74, 6) is 0.452. The van der Waals surface area contributed by atoms with Gasteiger partial charge in [0.2, 0.25) is 5.91 Å². The quantitative estimate of drug-likeness (QED) is 0.701. The standard InChI is InChI=1S/C11H24N2OS/c1-8(2)7-10(12)11(14)13-6-5-9(3)15-4/h8-10H,5-7,12H2,1-4H3,(H,13,14). The predicted molar refractivity (Wildman–Crippen MR) is 68.0 cm³/mol. The second kappa shape index (κ2) is 7.99. The second-order valence-electron chi connectivity index (χ2n) is 4.36. The van der Waals surface area contributed by atoms with Crippen LogP contribution in [0.1, 0.15) is 33.6 Å². The van der Waals surface area contributed by atoms with E-state index in [0.29, 0.717) is 11.2 Å². The average Bonchev–Trinajstić information content (AvgIpc) is 2.16. The molecular weight excluding hydrogens is 208 g/mol. The molecule has 0 aliphatic carbocycles. The van der Waals surface area contributed by atoms with Crippen molar-refractivity contribution in [2.75, 3.05) is 12.8 Å². The highest BCUT2D eigenvalue weighted by atomic mass is 32.2. The molecule has 0 spiro atoms. The molecule has 0 heterocycles. The Hall–Kier alpha value is -0.220. The second-order valence-corrected chi connectivity index (χ2v) is 5.64. The number of thioether (sulfide) groups is 1. The Labute approximate surface area is 97.6 Å². The minimum atomic E-state index is -0.352. The van der Waals surface area contributed by atoms with Crippen LogP contribution in [-0.4, -0.2) is 30.0 Å². The molecule has 3 N–H and O–H groups in total. The number of nitrogens with two attached hydrogens (primary N) is 1. The topological polar surface area (TPSA) is 55.1 Å². The first kappa shape index (κ1) is 14.8. The molecule has 4 heteroatoms. The van der Waals surface area contributed by atoms with E-state index in [9.17, 15) is 4.79 Å². The Morgan fingerprint density at radius 1 is 1.40 bits per heavy atom. The fourth-order valence-electron chi connectivity index (χ4n) is 1.26. The van der Waals surface area contributed by atoms with E-state index >= 15 is 0 Å². The Bertz CT molecular complexity index is 185. The molecule has 0 saturated carbocycles. The molecule has 2 atom stereocenters. The highest BCUT2D eigenvalue weighted by Gasteiger charge is 2.14. The van der Waals surface area contributed by atoms with Crippen molar-refractivity contribution in [1.82, 2.24) is 5.32 Å². The van der Waals surface area contributed by atoms with E-state index in [2.05, 4.69) is 32.3 Å². The summed E-state index contributed by atoms with van der Waals surface area (Å²) in [6.07, 6.45) is 3.84. The third-order valence-corrected chi connectivity index (χ3v) is 3.36. The largest absolute Gasteiger partial charge is 0.355 e. The molecule has 1 amide bonds. The van der Waals surface area contributed by atoms with Crippen LogP contribution in [0.4, 0.5) is 0 Å². The van der Waals surface area contributed by atoms with Gasteiger partial charge < -0.3 is 11.1 Å². The van der Waals surface area contributed by atoms with Crippen LogP contribution in [0.5, 0.6) is 0 Å². The SMILES string of the molecule is CSC(C)CCNC(=O)C(N)CC(C)C. The molecule has 15 heavy (non-hydrogen) atoms. The summed E-state index contributed by atoms with van der Waals surface area (Å²) in [6, 6.07) is -0.352. The maximum Gasteiger partial charge on any atom is 0.236 e. The zero-order valence-electron chi connectivity index (χ0n) is 10.2. The maximum absolute atomic E-state index is 11.5. The first-order chi connectivity index (χ1) is 6.97. The summed E-state index contributed by atoms with van der Waals surface area (Å²) in [5, 5.41) is 3.47. The van der Waals surface area contributed by atoms with E-state index in [4.69, 9.17) is 5.73 Å². The van der Waals surface area contributed by atoms with Crippen LogP contribution < -0.4 is 11.1 Å². The highest BCUT2D eigenvalue weighted by molar-refractivity contribution is 7.99. The van der Waals surface area contributed by atoms with Crippen LogP contribution in [0, 0.1) is 5.92 Å². The minimum absolute atomic E-state index is 0.0167. The summed E-state index contributed by atoms with van der Waals surface area (Å²) in [7, 11) is 0. The lowest BCUT2D eigenvalue weighted by Gasteiger charge is -2.15. The lowest BCUT2D eigenvalue weighted by atomic mass is 10.0. The van der Waals surface area contributed by atoms with Gasteiger partial charge in [-0.05, 0) is 25.0 Å². The Kier molecular flexibility index (Phi) is 7.88. The summed E-state index contributed by atoms with van der Waals surface area (Å²) < 4.78 is 0. The normalized spacial score (nSPS) is 15.1. The maximum atomic E-state index is 11.5. The van der Waals surface area contributed by atoms with E-state index in [1.165, 1.54) is 0 Å². The predicted octanol–water partition coefficient (Wildman–Crippen LogP) is 1.62. The van der Waals surface area contributed by atoms with Gasteiger partial charge in [-0.2, -0.15) is 11.8 Å². The molecule has 90 valence electrons. The van der Waals surface area contributed by atoms with Gasteiger partial charge in [-0.1, -0.05) is 20.8 Å². The fourth-order valence-corrected chi connectivity index (χ4v) is 1.62. The van der Waals surface area contributed by atoms with Gasteiger partial charge in [0, 0.05) is 11.8 Å². The number of carbonyl (C=O) groups excluding carboxylic acids is 1. The average molecular weight is 232 g/mol. The van der Waals surface area contributed by atoms with Crippen LogP contribution in [0.2, 0.25) is 0 Å². The number of carbonyl (C=O) groups is 1. The van der Waals surface area contributed by atoms with Gasteiger partial charge in [-0.25, -0.2) is 0 Å². The van der Waals surface area contributed by atoms with Crippen molar-refractivity contribution in [2.45, 2.75) is 44.9 Å². The minimum Gasteiger partial charge on any atom is -0.355 e. The Morgan fingerprint density at radius 3 is 2.47 bits per heavy atom. The third kappa shape index (κ3) is 7.68. The van der Waals surface area contributed by atoms with Crippen LogP contribution in [0.15, 0.2) is 0 Å². The summed E-state index contributed by atoms with van der Waals surface area (Å²) in [5.41, 5.74) is 5.75. The number of nitrogens with one attached hydrogen (secondary N) is 1. The first-order valence-electron chi connectivity index (χ1n) is 5.53. The highest BCUT2D eigenvalue weighted by Crippen LogP contribution is 2.08. The van der Waals surface area contributed by atoms with Gasteiger partial charge in [0.05, 0.1) is 6.04 Å². The smallest absolute Gasteiger partial charge is 0.236 e. The van der Waals surface area contributed by atoms with Crippen LogP contribution in [0.3, 0.4) is 0 Å². The molecule has 0 rings (SSSR count). The van der Waals surface area contributed by atoms with Gasteiger partial charge in [-0.3, -0.25) is 4.79 Å². The third-order valence-electron chi connectivity index (χ3n) is 2.31. The molecule has 0 aromatic rings. The van der Waals surface area contributed by atoms with Crippen molar-refractivity contribution in [3.63, 3.8) is 0 Å². The molecule has 0 bridgehead atoms. The Balaban J connectivity index is 3.64. The summed E-state index contributed by atoms with van der Waals surface area (Å²) in [4.78, 5) is 11.5. The zero-order chi connectivity index (χ0) is 11.8. The van der Waals surface area contributed by atoms with Gasteiger partial charge in [0.15, 0.2) is 0 Å². The monoisotopic (exact) mass is 232 g/mol. The molecule has 0 aliphatic heterocycles. The van der Waals surface area contributed by atoms with E-state index in [0.717, 1.165) is 19.4 Å². The molecule has 0 fully saturated rings. The number of rotatable bonds is 7. The van der Waals surface area contributed by atoms with E-state index in [1.54, 1.807) is 0 Å². The van der Waals surface area contributed by atoms with E-state index < -0.39 is 0 Å². The van der Waals surface area contributed by atoms with Gasteiger partial charge >= 0.3 is 0 Å². The molecule has 2 unspecified atom stereocenters. The summed E-state index contributed by atoms with van der Waals surface area (Å²) in [6.45, 7) is 7.03. The fraction of sp³-hybridized carbons (Fsp3) is 0.909. The zero-order valence-corrected chi connectivity index (χ0v) is 11.1. The van der Waals surface area contributed by atoms with Crippen molar-refractivity contribution in [1.29, 1.82) is 0 Å². The van der Waals surface area contributed by atoms with Crippen molar-refractivity contribution in [2.24, 2.45) is 11.7 Å². The van der Waals surface area contributed by atoms with Crippen molar-refractivity contribution >= 4 is 17.7 Å². The van der Waals surface area contributed by atoms with Gasteiger partial charge in [0.1, 0.15) is 0 Å². The van der Waals surface area contributed by atoms with Crippen molar-refractivity contribution in [3.8, 4) is 0 Å². The van der Waals surface area contributed by atoms with Crippen molar-refractivity contribution < 1.29 is 4.79 Å². The molecule has 0 saturated heterocycles. The van der Waals surface area contributed by atoms with Gasteiger partial charge in [-0.15, -0.1) is 0 Å². The van der Waals surface area contributed by atoms with E-state index in [1.807, 2.05) is 11.8 Å². The van der Waals surface area contributed by atoms with Crippen molar-refractivity contribution in [3.05, 3.63) is 0 Å². The molecule has 0 radical (unpaired) electrons. The lowest BCUT2D eigenvalue weighted by molar-refractivity contribution is -0.122. The lowest BCUT2D eigenvalue weighted by Crippen LogP contribution is -2.42. The number of amides is 1. The van der Waals surface area contributed by atoms with Crippen LogP contribution in [0.25, 0.3) is 0 Å². The Morgan fingerprint density at radius 2 is 2.00 bits per heavy atom. The van der Waals surface area contributed by atoms with Crippen LogP contribution in [-0.2, 0) is 4.79 Å². The molecule has 0 aromatic carbocycles. The molecule has 3 nitrogen and oxygen atoms in total. The first-order valence-corrected chi connectivity index (χ1v) is 6.82.